The van der Waals surface area contributed by atoms with Crippen LogP contribution in [-0.4, -0.2) is 70.0 Å². The number of para-hydroxylation sites is 2. The van der Waals surface area contributed by atoms with Crippen LogP contribution in [0.2, 0.25) is 0 Å². The van der Waals surface area contributed by atoms with E-state index in [-0.39, 0.29) is 5.82 Å². The molecule has 13 heteroatoms. The molecule has 1 aliphatic carbocycles. The molecule has 3 N–H and O–H groups in total. The number of morpholine rings is 1. The molecule has 3 aromatic rings. The monoisotopic (exact) mass is 535 g/mol. The van der Waals surface area contributed by atoms with Crippen LogP contribution in [-0.2, 0) is 9.53 Å². The van der Waals surface area contributed by atoms with Crippen LogP contribution >= 0.6 is 0 Å². The number of aliphatic hydroxyl groups excluding tert-OH is 1. The smallest absolute Gasteiger partial charge is 0.296 e. The lowest BCUT2D eigenvalue weighted by Crippen LogP contribution is -2.37. The Kier molecular flexibility index (Phi) is 9.71. The number of hydrogen-bond donors (Lipinski definition) is 3. The van der Waals surface area contributed by atoms with Gasteiger partial charge in [0.15, 0.2) is 5.82 Å². The summed E-state index contributed by atoms with van der Waals surface area (Å²) in [7, 11) is 0. The molecule has 1 amide bonds. The topological polar surface area (TPSA) is 117 Å². The summed E-state index contributed by atoms with van der Waals surface area (Å²) in [6.07, 6.45) is 3.49. The second-order valence-corrected chi connectivity index (χ2v) is 9.16. The van der Waals surface area contributed by atoms with Gasteiger partial charge >= 0.3 is 0 Å². The van der Waals surface area contributed by atoms with Crippen molar-refractivity contribution in [2.75, 3.05) is 49.7 Å². The number of anilines is 2. The number of fused-ring (bicyclic) bond motifs is 1. The van der Waals surface area contributed by atoms with Crippen molar-refractivity contribution < 1.29 is 27.9 Å². The van der Waals surface area contributed by atoms with Crippen molar-refractivity contribution >= 4 is 28.7 Å². The summed E-state index contributed by atoms with van der Waals surface area (Å²) in [6, 6.07) is 8.92. The molecule has 10 nitrogen and oxygen atoms in total. The fourth-order valence-electron chi connectivity index (χ4n) is 4.66. The second kappa shape index (κ2) is 13.4. The first-order chi connectivity index (χ1) is 18.5. The van der Waals surface area contributed by atoms with Crippen molar-refractivity contribution in [1.29, 1.82) is 0 Å². The number of ether oxygens (including phenoxy) is 1. The van der Waals surface area contributed by atoms with Crippen LogP contribution in [0.3, 0.4) is 0 Å². The van der Waals surface area contributed by atoms with Crippen LogP contribution in [0.4, 0.5) is 25.0 Å². The molecule has 1 saturated carbocycles. The number of imidazole rings is 1. The highest BCUT2D eigenvalue weighted by molar-refractivity contribution is 5.78. The van der Waals surface area contributed by atoms with Gasteiger partial charge in [-0.1, -0.05) is 31.4 Å². The van der Waals surface area contributed by atoms with Gasteiger partial charge in [-0.15, -0.1) is 4.48 Å². The quantitative estimate of drug-likeness (QED) is 0.393. The molecular formula is C25H32F3N7O3. The van der Waals surface area contributed by atoms with Gasteiger partial charge in [-0.3, -0.25) is 9.36 Å². The van der Waals surface area contributed by atoms with E-state index in [1.807, 2.05) is 6.07 Å². The summed E-state index contributed by atoms with van der Waals surface area (Å²) >= 11 is 0. The number of nitrogens with zero attached hydrogens (tertiary/aromatic N) is 5. The van der Waals surface area contributed by atoms with Crippen molar-refractivity contribution in [2.24, 2.45) is 5.92 Å². The molecule has 38 heavy (non-hydrogen) atoms. The maximum absolute atomic E-state index is 13.9. The molecule has 0 radical (unpaired) electrons. The van der Waals surface area contributed by atoms with Gasteiger partial charge < -0.3 is 20.1 Å². The average Bonchev–Trinajstić information content (AvgIpc) is 3.37. The molecule has 0 atom stereocenters. The van der Waals surface area contributed by atoms with Crippen molar-refractivity contribution in [3.8, 4) is 5.82 Å². The van der Waals surface area contributed by atoms with Crippen LogP contribution in [0.25, 0.3) is 16.9 Å². The minimum Gasteiger partial charge on any atom is -0.386 e. The summed E-state index contributed by atoms with van der Waals surface area (Å²) < 4.78 is 45.4. The molecule has 2 fully saturated rings. The number of nitrogens with one attached hydrogen (secondary N) is 2. The van der Waals surface area contributed by atoms with E-state index in [1.165, 1.54) is 36.7 Å². The maximum atomic E-state index is 13.9. The van der Waals surface area contributed by atoms with E-state index in [9.17, 15) is 18.1 Å². The largest absolute Gasteiger partial charge is 0.386 e. The van der Waals surface area contributed by atoms with Crippen LogP contribution in [0.1, 0.15) is 44.4 Å². The summed E-state index contributed by atoms with van der Waals surface area (Å²) in [5, 5.41) is 11.1. The first-order valence-electron chi connectivity index (χ1n) is 12.7. The van der Waals surface area contributed by atoms with Gasteiger partial charge in [-0.05, 0) is 30.9 Å². The fraction of sp³-hybridized carbons (Fsp3) is 0.520. The molecular weight excluding hydrogens is 503 g/mol. The van der Waals surface area contributed by atoms with Crippen LogP contribution in [0, 0.1) is 5.92 Å². The predicted molar refractivity (Wildman–Crippen MR) is 136 cm³/mol. The lowest BCUT2D eigenvalue weighted by atomic mass is 9.89. The van der Waals surface area contributed by atoms with Crippen molar-refractivity contribution in [1.82, 2.24) is 25.1 Å². The third kappa shape index (κ3) is 6.90. The number of benzene rings is 1. The lowest BCUT2D eigenvalue weighted by molar-refractivity contribution is -0.128. The Morgan fingerprint density at radius 3 is 2.45 bits per heavy atom. The Hall–Kier alpha value is -3.45. The molecule has 0 unspecified atom stereocenters. The summed E-state index contributed by atoms with van der Waals surface area (Å²) in [4.78, 5) is 25.1. The molecule has 3 heterocycles. The SMILES string of the molecule is FC(F)c1nc2ccccc2n1-c1cc(N2CCOCC2)nc(NCC2CCCCC2)n1.O=C(CO)NF. The average molecular weight is 536 g/mol. The Morgan fingerprint density at radius 1 is 1.08 bits per heavy atom. The number of aromatic nitrogens is 4. The summed E-state index contributed by atoms with van der Waals surface area (Å²) in [5.74, 6) is 0.839. The van der Waals surface area contributed by atoms with Gasteiger partial charge in [0.2, 0.25) is 5.95 Å². The molecule has 1 aromatic carbocycles. The fourth-order valence-corrected chi connectivity index (χ4v) is 4.66. The van der Waals surface area contributed by atoms with Crippen molar-refractivity contribution in [3.63, 3.8) is 0 Å². The predicted octanol–water partition coefficient (Wildman–Crippen LogP) is 3.56. The highest BCUT2D eigenvalue weighted by Gasteiger charge is 2.23. The minimum atomic E-state index is -2.72. The van der Waals surface area contributed by atoms with Gasteiger partial charge in [-0.2, -0.15) is 15.5 Å². The number of carbonyl (C=O) groups excluding carboxylic acids is 1. The van der Waals surface area contributed by atoms with E-state index < -0.39 is 18.9 Å². The Morgan fingerprint density at radius 2 is 1.79 bits per heavy atom. The van der Waals surface area contributed by atoms with Gasteiger partial charge in [-0.25, -0.2) is 13.8 Å². The van der Waals surface area contributed by atoms with Gasteiger partial charge in [0, 0.05) is 25.7 Å². The third-order valence-electron chi connectivity index (χ3n) is 6.57. The molecule has 0 spiro atoms. The molecule has 0 bridgehead atoms. The number of halogens is 3. The Labute approximate surface area is 218 Å². The summed E-state index contributed by atoms with van der Waals surface area (Å²) in [6.45, 7) is 2.62. The van der Waals surface area contributed by atoms with Gasteiger partial charge in [0.05, 0.1) is 24.2 Å². The zero-order valence-electron chi connectivity index (χ0n) is 21.0. The third-order valence-corrected chi connectivity index (χ3v) is 6.57. The van der Waals surface area contributed by atoms with Crippen molar-refractivity contribution in [3.05, 3.63) is 36.2 Å². The van der Waals surface area contributed by atoms with Crippen LogP contribution in [0.15, 0.2) is 30.3 Å². The zero-order valence-corrected chi connectivity index (χ0v) is 21.0. The number of alkyl halides is 2. The lowest BCUT2D eigenvalue weighted by Gasteiger charge is -2.28. The molecule has 2 aliphatic rings. The Balaban J connectivity index is 0.000000505. The highest BCUT2D eigenvalue weighted by Crippen LogP contribution is 2.30. The van der Waals surface area contributed by atoms with Crippen LogP contribution < -0.4 is 15.8 Å². The minimum absolute atomic E-state index is 0.309. The molecule has 206 valence electrons. The van der Waals surface area contributed by atoms with Gasteiger partial charge in [0.1, 0.15) is 18.2 Å². The highest BCUT2D eigenvalue weighted by atomic mass is 19.3. The van der Waals surface area contributed by atoms with E-state index in [4.69, 9.17) is 14.8 Å². The number of carbonyl (C=O) groups is 1. The van der Waals surface area contributed by atoms with E-state index in [2.05, 4.69) is 20.2 Å². The number of aliphatic hydroxyl groups is 1. The van der Waals surface area contributed by atoms with E-state index in [0.717, 1.165) is 12.1 Å². The second-order valence-electron chi connectivity index (χ2n) is 9.16. The van der Waals surface area contributed by atoms with Crippen LogP contribution in [0.5, 0.6) is 0 Å². The molecule has 2 aromatic heterocycles. The number of hydrogen-bond acceptors (Lipinski definition) is 8. The van der Waals surface area contributed by atoms with Crippen molar-refractivity contribution in [2.45, 2.75) is 38.5 Å². The first kappa shape index (κ1) is 27.6. The van der Waals surface area contributed by atoms with E-state index in [0.29, 0.717) is 60.8 Å². The number of rotatable bonds is 7. The molecule has 1 saturated heterocycles. The molecule has 5 rings (SSSR count). The Bertz CT molecular complexity index is 1190. The van der Waals surface area contributed by atoms with E-state index >= 15 is 0 Å². The normalized spacial score (nSPS) is 16.3. The maximum Gasteiger partial charge on any atom is 0.296 e. The standard InChI is InChI=1S/C23H28F2N6O.C2H4FNO2/c24-21(25)22-27-17-8-4-5-9-18(17)31(22)20-14-19(30-10-12-32-13-11-30)28-23(29-20)26-15-16-6-2-1-3-7-16;3-4-2(6)1-5/h4-5,8-9,14,16,21H,1-3,6-7,10-13,15H2,(H,26,28,29);5H,1H2,(H,4,6). The molecule has 1 aliphatic heterocycles. The number of amides is 1. The van der Waals surface area contributed by atoms with E-state index in [1.54, 1.807) is 24.3 Å². The van der Waals surface area contributed by atoms with Gasteiger partial charge in [0.25, 0.3) is 12.3 Å². The first-order valence-corrected chi connectivity index (χ1v) is 12.7. The summed E-state index contributed by atoms with van der Waals surface area (Å²) in [5.41, 5.74) is 1.85. The zero-order chi connectivity index (χ0) is 26.9.